The van der Waals surface area contributed by atoms with Gasteiger partial charge in [-0.3, -0.25) is 4.90 Å². The van der Waals surface area contributed by atoms with Crippen molar-refractivity contribution in [1.29, 1.82) is 0 Å². The topological polar surface area (TPSA) is 9.72 Å². The van der Waals surface area contributed by atoms with Crippen LogP contribution in [0.2, 0.25) is 0 Å². The van der Waals surface area contributed by atoms with E-state index < -0.39 is 0 Å². The maximum atomic E-state index is 2.69. The lowest BCUT2D eigenvalue weighted by Gasteiger charge is -2.40. The second kappa shape index (κ2) is 5.05. The molecule has 3 aliphatic rings. The third kappa shape index (κ3) is 2.13. The highest BCUT2D eigenvalue weighted by molar-refractivity contribution is 5.58. The highest BCUT2D eigenvalue weighted by atomic mass is 15.3. The van der Waals surface area contributed by atoms with Crippen LogP contribution in [0.3, 0.4) is 0 Å². The Morgan fingerprint density at radius 1 is 1.10 bits per heavy atom. The summed E-state index contributed by atoms with van der Waals surface area (Å²) in [5.41, 5.74) is 4.70. The predicted octanol–water partition coefficient (Wildman–Crippen LogP) is 1.96. The van der Waals surface area contributed by atoms with Crippen molar-refractivity contribution >= 4 is 5.69 Å². The minimum Gasteiger partial charge on any atom is -0.368 e. The van der Waals surface area contributed by atoms with Gasteiger partial charge in [0.1, 0.15) is 0 Å². The molecule has 20 heavy (non-hydrogen) atoms. The Morgan fingerprint density at radius 3 is 3.00 bits per heavy atom. The number of fused-ring (bicyclic) bond motifs is 2. The smallest absolute Gasteiger partial charge is 0.0403 e. The van der Waals surface area contributed by atoms with Gasteiger partial charge in [-0.1, -0.05) is 12.1 Å². The highest BCUT2D eigenvalue weighted by Gasteiger charge is 2.31. The van der Waals surface area contributed by atoms with Crippen LogP contribution in [0, 0.1) is 0 Å². The fourth-order valence-electron chi connectivity index (χ4n) is 4.24. The molecule has 4 rings (SSSR count). The number of rotatable bonds is 1. The number of piperazine rings is 1. The molecule has 3 aliphatic heterocycles. The molecule has 0 N–H and O–H groups in total. The summed E-state index contributed by atoms with van der Waals surface area (Å²) in [6, 6.07) is 7.74. The minimum absolute atomic E-state index is 0.811. The predicted molar refractivity (Wildman–Crippen MR) is 83.3 cm³/mol. The van der Waals surface area contributed by atoms with Crippen molar-refractivity contribution in [2.75, 3.05) is 44.7 Å². The summed E-state index contributed by atoms with van der Waals surface area (Å²) in [7, 11) is 2.23. The van der Waals surface area contributed by atoms with E-state index in [2.05, 4.69) is 39.9 Å². The van der Waals surface area contributed by atoms with Crippen LogP contribution in [0.5, 0.6) is 0 Å². The molecule has 0 bridgehead atoms. The number of benzene rings is 1. The molecule has 0 aliphatic carbocycles. The number of anilines is 1. The fraction of sp³-hybridized carbons (Fsp3) is 0.647. The Balaban J connectivity index is 1.61. The number of likely N-dealkylation sites (N-methyl/N-ethyl adjacent to an activating group) is 1. The SMILES string of the molecule is CN1CCc2c(cccc2N2CCN3CCCC3C2)C1. The van der Waals surface area contributed by atoms with Gasteiger partial charge in [-0.2, -0.15) is 0 Å². The number of hydrogen-bond acceptors (Lipinski definition) is 3. The molecule has 0 saturated carbocycles. The van der Waals surface area contributed by atoms with Crippen LogP contribution in [0.25, 0.3) is 0 Å². The summed E-state index contributed by atoms with van der Waals surface area (Å²) in [5.74, 6) is 0. The standard InChI is InChI=1S/C17H25N3/c1-18-9-7-16-14(12-18)4-2-6-17(16)20-11-10-19-8-3-5-15(19)13-20/h2,4,6,15H,3,5,7-13H2,1H3. The fourth-order valence-corrected chi connectivity index (χ4v) is 4.24. The Morgan fingerprint density at radius 2 is 2.05 bits per heavy atom. The summed E-state index contributed by atoms with van der Waals surface area (Å²) in [6.07, 6.45) is 4.01. The van der Waals surface area contributed by atoms with Gasteiger partial charge < -0.3 is 9.80 Å². The summed E-state index contributed by atoms with van der Waals surface area (Å²) >= 11 is 0. The number of hydrogen-bond donors (Lipinski definition) is 0. The Labute approximate surface area is 122 Å². The van der Waals surface area contributed by atoms with Crippen molar-refractivity contribution in [3.63, 3.8) is 0 Å². The van der Waals surface area contributed by atoms with Gasteiger partial charge in [-0.05, 0) is 50.0 Å². The van der Waals surface area contributed by atoms with Crippen molar-refractivity contribution < 1.29 is 0 Å². The van der Waals surface area contributed by atoms with E-state index in [9.17, 15) is 0 Å². The molecule has 1 atom stereocenters. The molecule has 1 unspecified atom stereocenters. The summed E-state index contributed by atoms with van der Waals surface area (Å²) < 4.78 is 0. The first kappa shape index (κ1) is 12.7. The molecule has 0 spiro atoms. The van der Waals surface area contributed by atoms with E-state index >= 15 is 0 Å². The average Bonchev–Trinajstić information content (AvgIpc) is 2.93. The monoisotopic (exact) mass is 271 g/mol. The van der Waals surface area contributed by atoms with Gasteiger partial charge in [0, 0.05) is 44.5 Å². The van der Waals surface area contributed by atoms with Gasteiger partial charge in [0.25, 0.3) is 0 Å². The van der Waals surface area contributed by atoms with Crippen LogP contribution < -0.4 is 4.90 Å². The van der Waals surface area contributed by atoms with Crippen LogP contribution >= 0.6 is 0 Å². The molecule has 0 radical (unpaired) electrons. The summed E-state index contributed by atoms with van der Waals surface area (Å²) in [6.45, 7) is 7.36. The molecule has 2 saturated heterocycles. The van der Waals surface area contributed by atoms with E-state index in [1.54, 1.807) is 11.1 Å². The Bertz CT molecular complexity index is 499. The van der Waals surface area contributed by atoms with E-state index in [1.165, 1.54) is 57.7 Å². The number of nitrogens with zero attached hydrogens (tertiary/aromatic N) is 3. The van der Waals surface area contributed by atoms with Crippen LogP contribution in [0.4, 0.5) is 5.69 Å². The molecule has 2 fully saturated rings. The first-order chi connectivity index (χ1) is 9.81. The quantitative estimate of drug-likeness (QED) is 0.773. The molecule has 0 aromatic heterocycles. The summed E-state index contributed by atoms with van der Waals surface area (Å²) in [4.78, 5) is 7.79. The maximum Gasteiger partial charge on any atom is 0.0403 e. The first-order valence-electron chi connectivity index (χ1n) is 8.09. The zero-order valence-corrected chi connectivity index (χ0v) is 12.5. The van der Waals surface area contributed by atoms with Crippen molar-refractivity contribution in [2.24, 2.45) is 0 Å². The van der Waals surface area contributed by atoms with Crippen molar-refractivity contribution in [2.45, 2.75) is 31.8 Å². The van der Waals surface area contributed by atoms with Crippen molar-refractivity contribution in [3.8, 4) is 0 Å². The second-order valence-electron chi connectivity index (χ2n) is 6.68. The minimum atomic E-state index is 0.811. The van der Waals surface area contributed by atoms with Gasteiger partial charge >= 0.3 is 0 Å². The van der Waals surface area contributed by atoms with Gasteiger partial charge in [-0.15, -0.1) is 0 Å². The molecule has 1 aromatic rings. The van der Waals surface area contributed by atoms with E-state index in [0.717, 1.165) is 12.6 Å². The molecule has 3 nitrogen and oxygen atoms in total. The normalized spacial score (nSPS) is 27.4. The van der Waals surface area contributed by atoms with Crippen LogP contribution in [-0.4, -0.2) is 55.6 Å². The highest BCUT2D eigenvalue weighted by Crippen LogP contribution is 2.31. The van der Waals surface area contributed by atoms with E-state index in [4.69, 9.17) is 0 Å². The summed E-state index contributed by atoms with van der Waals surface area (Å²) in [5, 5.41) is 0. The molecular weight excluding hydrogens is 246 g/mol. The van der Waals surface area contributed by atoms with Gasteiger partial charge in [0.05, 0.1) is 0 Å². The molecule has 108 valence electrons. The molecule has 3 heterocycles. The van der Waals surface area contributed by atoms with E-state index in [0.29, 0.717) is 0 Å². The van der Waals surface area contributed by atoms with Crippen molar-refractivity contribution in [1.82, 2.24) is 9.80 Å². The van der Waals surface area contributed by atoms with Crippen LogP contribution in [0.15, 0.2) is 18.2 Å². The lowest BCUT2D eigenvalue weighted by molar-refractivity contribution is 0.230. The Hall–Kier alpha value is -1.06. The maximum absolute atomic E-state index is 2.69. The van der Waals surface area contributed by atoms with Crippen molar-refractivity contribution in [3.05, 3.63) is 29.3 Å². The Kier molecular flexibility index (Phi) is 3.20. The first-order valence-corrected chi connectivity index (χ1v) is 8.09. The lowest BCUT2D eigenvalue weighted by Crippen LogP contribution is -2.50. The zero-order valence-electron chi connectivity index (χ0n) is 12.5. The van der Waals surface area contributed by atoms with Gasteiger partial charge in [-0.25, -0.2) is 0 Å². The van der Waals surface area contributed by atoms with Crippen LogP contribution in [0.1, 0.15) is 24.0 Å². The largest absolute Gasteiger partial charge is 0.368 e. The average molecular weight is 271 g/mol. The van der Waals surface area contributed by atoms with Crippen LogP contribution in [-0.2, 0) is 13.0 Å². The zero-order chi connectivity index (χ0) is 13.5. The van der Waals surface area contributed by atoms with Gasteiger partial charge in [0.15, 0.2) is 0 Å². The molecule has 0 amide bonds. The third-order valence-electron chi connectivity index (χ3n) is 5.36. The molecular formula is C17H25N3. The molecule has 1 aromatic carbocycles. The third-order valence-corrected chi connectivity index (χ3v) is 5.36. The lowest BCUT2D eigenvalue weighted by atomic mass is 9.96. The van der Waals surface area contributed by atoms with E-state index in [-0.39, 0.29) is 0 Å². The second-order valence-corrected chi connectivity index (χ2v) is 6.68. The van der Waals surface area contributed by atoms with Gasteiger partial charge in [0.2, 0.25) is 0 Å². The van der Waals surface area contributed by atoms with E-state index in [1.807, 2.05) is 0 Å². The molecule has 3 heteroatoms.